The summed E-state index contributed by atoms with van der Waals surface area (Å²) in [5.74, 6) is -1.13. The molecule has 0 aliphatic heterocycles. The van der Waals surface area contributed by atoms with Crippen LogP contribution in [0, 0.1) is 27.7 Å². The van der Waals surface area contributed by atoms with Crippen LogP contribution in [0.15, 0.2) is 83.9 Å². The first kappa shape index (κ1) is 31.4. The molecule has 44 heavy (non-hydrogen) atoms. The van der Waals surface area contributed by atoms with Crippen LogP contribution in [0.25, 0.3) is 34.4 Å². The van der Waals surface area contributed by atoms with Crippen molar-refractivity contribution in [1.29, 1.82) is 0 Å². The first-order valence-corrected chi connectivity index (χ1v) is 31.8. The molecule has 2 unspecified atom stereocenters. The Labute approximate surface area is 269 Å². The number of hydrogen-bond acceptors (Lipinski definition) is 0. The fourth-order valence-corrected chi connectivity index (χ4v) is 39.2. The maximum atomic E-state index is 2.90. The summed E-state index contributed by atoms with van der Waals surface area (Å²) in [4.78, 5) is 0. The molecule has 4 aromatic rings. The number of benzene rings is 4. The number of rotatable bonds is 7. The van der Waals surface area contributed by atoms with Gasteiger partial charge in [-0.15, -0.1) is 0 Å². The average molecular weight is 675 g/mol. The van der Waals surface area contributed by atoms with Crippen molar-refractivity contribution in [3.8, 4) is 22.3 Å². The standard InChI is InChI=1S/2C19H19.C2H7Si.2CH3.Zr/c2*1-4-15-11-16-6-5-7-18(19(16)12-15)17-9-13(2)8-14(3)10-17;1-3-2;;;/h2*5-12H,4H2,1-3H3;3H,1-2H3;2*1H3;. The van der Waals surface area contributed by atoms with Gasteiger partial charge < -0.3 is 0 Å². The van der Waals surface area contributed by atoms with E-state index >= 15 is 0 Å². The molecule has 0 aromatic heterocycles. The van der Waals surface area contributed by atoms with Crippen LogP contribution in [-0.2, 0) is 17.9 Å². The van der Waals surface area contributed by atoms with Crippen molar-refractivity contribution in [3.05, 3.63) is 128 Å². The van der Waals surface area contributed by atoms with Gasteiger partial charge in [0.2, 0.25) is 0 Å². The SMILES string of the molecule is CCC1=Cc2c(-c3cc(C)cc(C)c3)cccc2[CH]1[Zr]([CH3])([CH3])([CH]1C(CC)=Cc2c(-c3cc(C)cc(C)c3)cccc21)[SiH](C)C. The van der Waals surface area contributed by atoms with E-state index in [4.69, 9.17) is 0 Å². The predicted octanol–water partition coefficient (Wildman–Crippen LogP) is 12.4. The van der Waals surface area contributed by atoms with Crippen LogP contribution in [0.1, 0.15) is 78.4 Å². The Morgan fingerprint density at radius 2 is 0.932 bits per heavy atom. The summed E-state index contributed by atoms with van der Waals surface area (Å²) in [5.41, 5.74) is 20.6. The number of allylic oxidation sites excluding steroid dienone is 2. The fourth-order valence-electron chi connectivity index (χ4n) is 9.29. The van der Waals surface area contributed by atoms with Gasteiger partial charge in [0.25, 0.3) is 0 Å². The molecule has 4 aromatic carbocycles. The molecule has 0 amide bonds. The van der Waals surface area contributed by atoms with Crippen LogP contribution in [0.3, 0.4) is 0 Å². The van der Waals surface area contributed by atoms with E-state index in [2.05, 4.69) is 149 Å². The van der Waals surface area contributed by atoms with E-state index in [1.165, 1.54) is 55.6 Å². The zero-order chi connectivity index (χ0) is 31.6. The van der Waals surface area contributed by atoms with E-state index in [-0.39, 0.29) is 0 Å². The minimum atomic E-state index is -3.71. The van der Waals surface area contributed by atoms with Crippen LogP contribution in [-0.4, -0.2) is 5.92 Å². The second kappa shape index (κ2) is 11.4. The molecule has 2 heteroatoms. The zero-order valence-corrected chi connectivity index (χ0v) is 32.3. The van der Waals surface area contributed by atoms with E-state index in [0.717, 1.165) is 12.8 Å². The van der Waals surface area contributed by atoms with Crippen molar-refractivity contribution < 1.29 is 17.9 Å². The van der Waals surface area contributed by atoms with E-state index in [0.29, 0.717) is 7.25 Å². The molecular weight excluding hydrogens is 624 g/mol. The van der Waals surface area contributed by atoms with Gasteiger partial charge in [-0.3, -0.25) is 0 Å². The van der Waals surface area contributed by atoms with Crippen molar-refractivity contribution in [3.63, 3.8) is 0 Å². The Bertz CT molecular complexity index is 1680. The normalized spacial score (nSPS) is 18.5. The molecule has 227 valence electrons. The van der Waals surface area contributed by atoms with E-state index in [1.807, 2.05) is 0 Å². The molecule has 2 aliphatic carbocycles. The monoisotopic (exact) mass is 673 g/mol. The van der Waals surface area contributed by atoms with Crippen LogP contribution in [0.5, 0.6) is 0 Å². The van der Waals surface area contributed by atoms with Gasteiger partial charge in [-0.25, -0.2) is 0 Å². The molecule has 0 saturated carbocycles. The van der Waals surface area contributed by atoms with Gasteiger partial charge in [-0.2, -0.15) is 0 Å². The summed E-state index contributed by atoms with van der Waals surface area (Å²) in [6.07, 6.45) is 7.54. The first-order chi connectivity index (χ1) is 20.9. The topological polar surface area (TPSA) is 0 Å². The van der Waals surface area contributed by atoms with Crippen LogP contribution in [0.2, 0.25) is 22.4 Å². The average Bonchev–Trinajstić information content (AvgIpc) is 3.55. The molecule has 0 fully saturated rings. The van der Waals surface area contributed by atoms with Gasteiger partial charge in [0, 0.05) is 0 Å². The molecule has 0 nitrogen and oxygen atoms in total. The summed E-state index contributed by atoms with van der Waals surface area (Å²) in [6, 6.07) is 28.6. The van der Waals surface area contributed by atoms with E-state index in [1.54, 1.807) is 22.3 Å². The Morgan fingerprint density at radius 3 is 1.25 bits per heavy atom. The number of aryl methyl sites for hydroxylation is 4. The molecule has 2 atom stereocenters. The summed E-state index contributed by atoms with van der Waals surface area (Å²) >= 11 is -3.71. The maximum absolute atomic E-state index is 3.71. The number of hydrogen-bond donors (Lipinski definition) is 0. The van der Waals surface area contributed by atoms with Gasteiger partial charge in [0.05, 0.1) is 0 Å². The van der Waals surface area contributed by atoms with Crippen molar-refractivity contribution >= 4 is 18.1 Å². The molecule has 0 N–H and O–H groups in total. The van der Waals surface area contributed by atoms with Crippen molar-refractivity contribution in [2.24, 2.45) is 0 Å². The Kier molecular flexibility index (Phi) is 8.12. The van der Waals surface area contributed by atoms with Gasteiger partial charge >= 0.3 is 271 Å². The van der Waals surface area contributed by atoms with Crippen molar-refractivity contribution in [1.82, 2.24) is 0 Å². The summed E-state index contributed by atoms with van der Waals surface area (Å²) in [5, 5.41) is 0. The van der Waals surface area contributed by atoms with Gasteiger partial charge in [-0.1, -0.05) is 0 Å². The Balaban J connectivity index is 1.59. The summed E-state index contributed by atoms with van der Waals surface area (Å²) in [7, 11) is 0. The van der Waals surface area contributed by atoms with Crippen molar-refractivity contribution in [2.75, 3.05) is 0 Å². The molecule has 6 rings (SSSR count). The molecule has 0 saturated heterocycles. The van der Waals surface area contributed by atoms with Gasteiger partial charge in [0.1, 0.15) is 0 Å². The summed E-state index contributed by atoms with van der Waals surface area (Å²) < 4.78 is 6.98. The van der Waals surface area contributed by atoms with Crippen molar-refractivity contribution in [2.45, 2.75) is 84.0 Å². The van der Waals surface area contributed by atoms with Crippen LogP contribution >= 0.6 is 0 Å². The Hall–Kier alpha value is -2.54. The second-order valence-electron chi connectivity index (χ2n) is 15.3. The van der Waals surface area contributed by atoms with Gasteiger partial charge in [-0.05, 0) is 0 Å². The molecular formula is C42H51SiZr. The third-order valence-corrected chi connectivity index (χ3v) is 58.6. The molecule has 0 bridgehead atoms. The van der Waals surface area contributed by atoms with E-state index in [9.17, 15) is 0 Å². The minimum absolute atomic E-state index is 0.588. The Morgan fingerprint density at radius 1 is 0.568 bits per heavy atom. The zero-order valence-electron chi connectivity index (χ0n) is 28.7. The predicted molar refractivity (Wildman–Crippen MR) is 195 cm³/mol. The molecule has 0 heterocycles. The van der Waals surface area contributed by atoms with Crippen LogP contribution in [0.4, 0.5) is 0 Å². The fraction of sp³-hybridized carbons (Fsp3) is 0.333. The quantitative estimate of drug-likeness (QED) is 0.171. The number of fused-ring (bicyclic) bond motifs is 2. The molecule has 0 spiro atoms. The van der Waals surface area contributed by atoms with E-state index < -0.39 is 23.9 Å². The summed E-state index contributed by atoms with van der Waals surface area (Å²) in [6.45, 7) is 19.2. The molecule has 0 radical (unpaired) electrons. The second-order valence-corrected chi connectivity index (χ2v) is 53.1. The first-order valence-electron chi connectivity index (χ1n) is 16.9. The third-order valence-electron chi connectivity index (χ3n) is 11.8. The van der Waals surface area contributed by atoms with Crippen LogP contribution < -0.4 is 0 Å². The van der Waals surface area contributed by atoms with Gasteiger partial charge in [0.15, 0.2) is 0 Å². The molecule has 2 aliphatic rings. The third kappa shape index (κ3) is 4.87.